The van der Waals surface area contributed by atoms with E-state index in [1.54, 1.807) is 11.5 Å². The molecule has 0 aliphatic heterocycles. The van der Waals surface area contributed by atoms with Crippen molar-refractivity contribution in [3.63, 3.8) is 0 Å². The zero-order valence-electron chi connectivity index (χ0n) is 13.8. The maximum Gasteiger partial charge on any atom is 0.260 e. The Hall–Kier alpha value is -3.09. The van der Waals surface area contributed by atoms with E-state index in [0.717, 1.165) is 23.2 Å². The van der Waals surface area contributed by atoms with Crippen molar-refractivity contribution >= 4 is 22.7 Å². The molecule has 0 saturated carbocycles. The van der Waals surface area contributed by atoms with Gasteiger partial charge in [0.05, 0.1) is 22.3 Å². The Balaban J connectivity index is 1.77. The average Bonchev–Trinajstić information content (AvgIpc) is 2.88. The third-order valence-corrected chi connectivity index (χ3v) is 3.82. The number of para-hydroxylation sites is 2. The number of fused-ring (bicyclic) bond motifs is 1. The Labute approximate surface area is 143 Å². The molecule has 2 aromatic carbocycles. The van der Waals surface area contributed by atoms with Gasteiger partial charge in [-0.1, -0.05) is 18.2 Å². The summed E-state index contributed by atoms with van der Waals surface area (Å²) in [5.74, 6) is -1.18. The van der Waals surface area contributed by atoms with Crippen LogP contribution in [0.1, 0.15) is 18.3 Å². The second kappa shape index (κ2) is 6.80. The second-order valence-corrected chi connectivity index (χ2v) is 5.56. The molecule has 0 fully saturated rings. The van der Waals surface area contributed by atoms with Crippen molar-refractivity contribution in [2.45, 2.75) is 20.4 Å². The fraction of sp³-hybridized carbons (Fsp3) is 0.167. The van der Waals surface area contributed by atoms with Crippen LogP contribution in [0, 0.1) is 18.6 Å². The van der Waals surface area contributed by atoms with E-state index in [9.17, 15) is 13.6 Å². The summed E-state index contributed by atoms with van der Waals surface area (Å²) >= 11 is 0. The predicted octanol–water partition coefficient (Wildman–Crippen LogP) is 3.16. The summed E-state index contributed by atoms with van der Waals surface area (Å²) < 4.78 is 29.2. The van der Waals surface area contributed by atoms with E-state index >= 15 is 0 Å². The zero-order valence-corrected chi connectivity index (χ0v) is 13.8. The smallest absolute Gasteiger partial charge is 0.260 e. The van der Waals surface area contributed by atoms with Crippen LogP contribution in [0.25, 0.3) is 11.0 Å². The van der Waals surface area contributed by atoms with Crippen molar-refractivity contribution < 1.29 is 13.6 Å². The molecule has 3 aromatic rings. The molecule has 0 aliphatic rings. The molecule has 0 radical (unpaired) electrons. The predicted molar refractivity (Wildman–Crippen MR) is 91.2 cm³/mol. The van der Waals surface area contributed by atoms with Crippen LogP contribution < -0.4 is 5.43 Å². The maximum absolute atomic E-state index is 13.7. The Morgan fingerprint density at radius 3 is 2.56 bits per heavy atom. The number of hydrogen-bond donors (Lipinski definition) is 1. The topological polar surface area (TPSA) is 59.3 Å². The van der Waals surface area contributed by atoms with Gasteiger partial charge in [-0.25, -0.2) is 19.2 Å². The first-order valence-electron chi connectivity index (χ1n) is 7.66. The van der Waals surface area contributed by atoms with Gasteiger partial charge in [-0.2, -0.15) is 5.10 Å². The Bertz CT molecular complexity index is 958. The molecule has 1 heterocycles. The lowest BCUT2D eigenvalue weighted by Gasteiger charge is -2.07. The Morgan fingerprint density at radius 2 is 1.84 bits per heavy atom. The lowest BCUT2D eigenvalue weighted by Crippen LogP contribution is -2.25. The molecule has 128 valence electrons. The number of hydrogen-bond acceptors (Lipinski definition) is 3. The number of amides is 1. The summed E-state index contributed by atoms with van der Waals surface area (Å²) in [6, 6.07) is 11.0. The van der Waals surface area contributed by atoms with Gasteiger partial charge < -0.3 is 4.57 Å². The highest BCUT2D eigenvalue weighted by Gasteiger charge is 2.13. The minimum atomic E-state index is -0.730. The number of nitrogens with one attached hydrogen (secondary N) is 1. The number of imidazole rings is 1. The molecule has 0 spiro atoms. The highest BCUT2D eigenvalue weighted by atomic mass is 19.1. The number of hydrazone groups is 1. The number of carbonyl (C=O) groups excluding carboxylic acids is 1. The van der Waals surface area contributed by atoms with E-state index in [1.165, 1.54) is 13.0 Å². The lowest BCUT2D eigenvalue weighted by atomic mass is 10.1. The molecule has 5 nitrogen and oxygen atoms in total. The molecule has 0 atom stereocenters. The van der Waals surface area contributed by atoms with Gasteiger partial charge in [0.1, 0.15) is 24.0 Å². The van der Waals surface area contributed by atoms with Crippen molar-refractivity contribution in [1.82, 2.24) is 15.0 Å². The summed E-state index contributed by atoms with van der Waals surface area (Å²) in [6.07, 6.45) is 0. The summed E-state index contributed by atoms with van der Waals surface area (Å²) in [6.45, 7) is 3.24. The number of aryl methyl sites for hydroxylation is 1. The van der Waals surface area contributed by atoms with Gasteiger partial charge in [-0.3, -0.25) is 4.79 Å². The Kier molecular flexibility index (Phi) is 4.56. The number of rotatable bonds is 4. The number of aromatic nitrogens is 2. The monoisotopic (exact) mass is 342 g/mol. The van der Waals surface area contributed by atoms with Crippen molar-refractivity contribution in [1.29, 1.82) is 0 Å². The zero-order chi connectivity index (χ0) is 18.0. The van der Waals surface area contributed by atoms with Gasteiger partial charge in [-0.05, 0) is 38.1 Å². The fourth-order valence-corrected chi connectivity index (χ4v) is 2.62. The molecule has 0 saturated heterocycles. The second-order valence-electron chi connectivity index (χ2n) is 5.56. The molecule has 0 aliphatic carbocycles. The third kappa shape index (κ3) is 3.40. The van der Waals surface area contributed by atoms with Crippen LogP contribution in [0.2, 0.25) is 0 Å². The van der Waals surface area contributed by atoms with Crippen molar-refractivity contribution in [2.24, 2.45) is 5.10 Å². The van der Waals surface area contributed by atoms with Crippen LogP contribution >= 0.6 is 0 Å². The average molecular weight is 342 g/mol. The molecular weight excluding hydrogens is 326 g/mol. The summed E-state index contributed by atoms with van der Waals surface area (Å²) in [4.78, 5) is 16.5. The number of carbonyl (C=O) groups is 1. The molecule has 25 heavy (non-hydrogen) atoms. The van der Waals surface area contributed by atoms with Crippen LogP contribution in [0.5, 0.6) is 0 Å². The van der Waals surface area contributed by atoms with Crippen molar-refractivity contribution in [2.75, 3.05) is 0 Å². The highest BCUT2D eigenvalue weighted by molar-refractivity contribution is 5.99. The van der Waals surface area contributed by atoms with Gasteiger partial charge in [0.25, 0.3) is 5.91 Å². The normalized spacial score (nSPS) is 11.8. The lowest BCUT2D eigenvalue weighted by molar-refractivity contribution is -0.121. The van der Waals surface area contributed by atoms with Crippen LogP contribution in [-0.2, 0) is 11.3 Å². The molecule has 1 N–H and O–H groups in total. The van der Waals surface area contributed by atoms with E-state index in [4.69, 9.17) is 0 Å². The van der Waals surface area contributed by atoms with Gasteiger partial charge in [0.15, 0.2) is 0 Å². The van der Waals surface area contributed by atoms with Gasteiger partial charge in [0.2, 0.25) is 0 Å². The molecule has 7 heteroatoms. The van der Waals surface area contributed by atoms with Crippen LogP contribution in [-0.4, -0.2) is 21.2 Å². The van der Waals surface area contributed by atoms with E-state index in [2.05, 4.69) is 15.5 Å². The van der Waals surface area contributed by atoms with Crippen molar-refractivity contribution in [3.05, 3.63) is 65.5 Å². The van der Waals surface area contributed by atoms with Gasteiger partial charge >= 0.3 is 0 Å². The first kappa shape index (κ1) is 16.8. The number of benzene rings is 2. The molecule has 3 rings (SSSR count). The molecule has 1 amide bonds. The van der Waals surface area contributed by atoms with E-state index < -0.39 is 17.5 Å². The van der Waals surface area contributed by atoms with Crippen LogP contribution in [0.4, 0.5) is 8.78 Å². The largest absolute Gasteiger partial charge is 0.319 e. The number of halogens is 2. The maximum atomic E-state index is 13.7. The minimum absolute atomic E-state index is 0.00286. The summed E-state index contributed by atoms with van der Waals surface area (Å²) in [5, 5.41) is 3.81. The SMILES string of the molecule is C/C(=N/NC(=O)Cn1c(C)nc2ccccc21)c1c(F)cccc1F. The van der Waals surface area contributed by atoms with Gasteiger partial charge in [0, 0.05) is 0 Å². The molecule has 0 unspecified atom stereocenters. The van der Waals surface area contributed by atoms with E-state index in [-0.39, 0.29) is 17.8 Å². The first-order valence-corrected chi connectivity index (χ1v) is 7.66. The minimum Gasteiger partial charge on any atom is -0.319 e. The molecular formula is C18H16F2N4O. The van der Waals surface area contributed by atoms with Gasteiger partial charge in [-0.15, -0.1) is 0 Å². The fourth-order valence-electron chi connectivity index (χ4n) is 2.62. The first-order chi connectivity index (χ1) is 12.0. The number of nitrogens with zero attached hydrogens (tertiary/aromatic N) is 3. The highest BCUT2D eigenvalue weighted by Crippen LogP contribution is 2.15. The summed E-state index contributed by atoms with van der Waals surface area (Å²) in [7, 11) is 0. The van der Waals surface area contributed by atoms with Crippen LogP contribution in [0.3, 0.4) is 0 Å². The van der Waals surface area contributed by atoms with Crippen molar-refractivity contribution in [3.8, 4) is 0 Å². The van der Waals surface area contributed by atoms with Crippen LogP contribution in [0.15, 0.2) is 47.6 Å². The standard InChI is InChI=1S/C18H16F2N4O/c1-11(18-13(19)6-5-7-14(18)20)22-23-17(25)10-24-12(2)21-15-8-3-4-9-16(15)24/h3-9H,10H2,1-2H3,(H,23,25)/b22-11-. The third-order valence-electron chi connectivity index (χ3n) is 3.82. The van der Waals surface area contributed by atoms with E-state index in [0.29, 0.717) is 5.82 Å². The molecule has 1 aromatic heterocycles. The summed E-state index contributed by atoms with van der Waals surface area (Å²) in [5.41, 5.74) is 3.75. The molecule has 0 bridgehead atoms. The Morgan fingerprint density at radius 1 is 1.16 bits per heavy atom. The van der Waals surface area contributed by atoms with E-state index in [1.807, 2.05) is 24.3 Å². The quantitative estimate of drug-likeness (QED) is 0.585.